The van der Waals surface area contributed by atoms with Crippen LogP contribution in [-0.2, 0) is 18.6 Å². The Morgan fingerprint density at radius 2 is 1.81 bits per heavy atom. The molecule has 31 heavy (non-hydrogen) atoms. The zero-order chi connectivity index (χ0) is 21.4. The fourth-order valence-electron chi connectivity index (χ4n) is 5.71. The average molecular weight is 423 g/mol. The molecule has 1 aromatic carbocycles. The van der Waals surface area contributed by atoms with Crippen LogP contribution in [0.25, 0.3) is 0 Å². The molecule has 1 atom stereocenters. The lowest BCUT2D eigenvalue weighted by Crippen LogP contribution is -2.56. The summed E-state index contributed by atoms with van der Waals surface area (Å²) in [6.07, 6.45) is 5.40. The number of hydrogen-bond donors (Lipinski definition) is 0. The van der Waals surface area contributed by atoms with Crippen LogP contribution in [0.1, 0.15) is 61.0 Å². The first-order valence-electron chi connectivity index (χ1n) is 11.8. The number of carbonyl (C=O) groups excluding carboxylic acids is 1. The molecule has 5 rings (SSSR count). The van der Waals surface area contributed by atoms with Crippen LogP contribution in [-0.4, -0.2) is 74.6 Å². The molecule has 7 nitrogen and oxygen atoms in total. The molecule has 3 aliphatic rings. The SMILES string of the molecule is CC1CCCCN1C(=O)c1nnc2n1CCN(C)C21CCN(Cc2ccccc2)CC1. The summed E-state index contributed by atoms with van der Waals surface area (Å²) in [6, 6.07) is 11.0. The molecule has 7 heteroatoms. The third-order valence-corrected chi connectivity index (χ3v) is 7.74. The van der Waals surface area contributed by atoms with Gasteiger partial charge in [0, 0.05) is 45.3 Å². The second-order valence-electron chi connectivity index (χ2n) is 9.56. The van der Waals surface area contributed by atoms with Crippen molar-refractivity contribution in [3.05, 3.63) is 47.5 Å². The van der Waals surface area contributed by atoms with E-state index in [9.17, 15) is 4.79 Å². The number of likely N-dealkylation sites (N-methyl/N-ethyl adjacent to an activating group) is 1. The summed E-state index contributed by atoms with van der Waals surface area (Å²) in [7, 11) is 2.21. The van der Waals surface area contributed by atoms with E-state index in [1.165, 1.54) is 12.0 Å². The van der Waals surface area contributed by atoms with Crippen LogP contribution in [0.2, 0.25) is 0 Å². The van der Waals surface area contributed by atoms with E-state index in [4.69, 9.17) is 0 Å². The van der Waals surface area contributed by atoms with Gasteiger partial charge in [0.25, 0.3) is 5.91 Å². The van der Waals surface area contributed by atoms with Gasteiger partial charge in [0.1, 0.15) is 0 Å². The highest BCUT2D eigenvalue weighted by Crippen LogP contribution is 2.40. The van der Waals surface area contributed by atoms with Crippen molar-refractivity contribution in [3.8, 4) is 0 Å². The summed E-state index contributed by atoms with van der Waals surface area (Å²) < 4.78 is 2.14. The molecule has 3 aliphatic heterocycles. The molecule has 4 heterocycles. The van der Waals surface area contributed by atoms with Gasteiger partial charge in [-0.2, -0.15) is 0 Å². The Hall–Kier alpha value is -2.25. The average Bonchev–Trinajstić information content (AvgIpc) is 3.23. The molecule has 0 N–H and O–H groups in total. The molecule has 0 radical (unpaired) electrons. The highest BCUT2D eigenvalue weighted by atomic mass is 16.2. The maximum atomic E-state index is 13.3. The second-order valence-corrected chi connectivity index (χ2v) is 9.56. The summed E-state index contributed by atoms with van der Waals surface area (Å²) in [5.74, 6) is 1.60. The summed E-state index contributed by atoms with van der Waals surface area (Å²) in [5.41, 5.74) is 1.24. The minimum Gasteiger partial charge on any atom is -0.333 e. The number of carbonyl (C=O) groups is 1. The van der Waals surface area contributed by atoms with Crippen LogP contribution in [0.15, 0.2) is 30.3 Å². The Labute approximate surface area is 185 Å². The van der Waals surface area contributed by atoms with Gasteiger partial charge < -0.3 is 9.47 Å². The third kappa shape index (κ3) is 3.68. The fraction of sp³-hybridized carbons (Fsp3) is 0.625. The van der Waals surface area contributed by atoms with Gasteiger partial charge in [-0.15, -0.1) is 10.2 Å². The summed E-state index contributed by atoms with van der Waals surface area (Å²) in [5, 5.41) is 9.10. The van der Waals surface area contributed by atoms with E-state index in [0.29, 0.717) is 5.82 Å². The molecule has 1 spiro atoms. The van der Waals surface area contributed by atoms with E-state index in [-0.39, 0.29) is 17.5 Å². The van der Waals surface area contributed by atoms with Crippen LogP contribution in [0.5, 0.6) is 0 Å². The molecule has 2 saturated heterocycles. The molecule has 1 amide bonds. The van der Waals surface area contributed by atoms with E-state index in [0.717, 1.165) is 70.8 Å². The Bertz CT molecular complexity index is 917. The lowest BCUT2D eigenvalue weighted by atomic mass is 9.83. The molecular weight excluding hydrogens is 388 g/mol. The number of hydrogen-bond acceptors (Lipinski definition) is 5. The van der Waals surface area contributed by atoms with Crippen molar-refractivity contribution in [2.24, 2.45) is 0 Å². The van der Waals surface area contributed by atoms with Crippen molar-refractivity contribution in [1.29, 1.82) is 0 Å². The minimum absolute atomic E-state index is 0.0622. The number of amides is 1. The Kier molecular flexibility index (Phi) is 5.56. The number of benzene rings is 1. The van der Waals surface area contributed by atoms with Gasteiger partial charge in [-0.1, -0.05) is 30.3 Å². The predicted molar refractivity (Wildman–Crippen MR) is 120 cm³/mol. The number of likely N-dealkylation sites (tertiary alicyclic amines) is 2. The first-order valence-corrected chi connectivity index (χ1v) is 11.8. The number of fused-ring (bicyclic) bond motifs is 2. The van der Waals surface area contributed by atoms with E-state index < -0.39 is 0 Å². The van der Waals surface area contributed by atoms with Crippen LogP contribution >= 0.6 is 0 Å². The standard InChI is InChI=1S/C24H34N6O/c1-19-8-6-7-13-29(19)22(31)21-25-26-23-24(27(2)16-17-30(21)23)11-14-28(15-12-24)18-20-9-4-3-5-10-20/h3-5,9-10,19H,6-8,11-18H2,1-2H3. The Balaban J connectivity index is 1.36. The van der Waals surface area contributed by atoms with Gasteiger partial charge >= 0.3 is 0 Å². The zero-order valence-electron chi connectivity index (χ0n) is 18.8. The van der Waals surface area contributed by atoms with Crippen molar-refractivity contribution in [2.45, 2.75) is 63.7 Å². The van der Waals surface area contributed by atoms with Gasteiger partial charge in [0.2, 0.25) is 5.82 Å². The monoisotopic (exact) mass is 422 g/mol. The van der Waals surface area contributed by atoms with Gasteiger partial charge in [-0.3, -0.25) is 14.6 Å². The Morgan fingerprint density at radius 3 is 2.55 bits per heavy atom. The number of piperidine rings is 2. The molecule has 1 aromatic heterocycles. The van der Waals surface area contributed by atoms with Gasteiger partial charge in [0.15, 0.2) is 5.82 Å². The maximum Gasteiger partial charge on any atom is 0.292 e. The van der Waals surface area contributed by atoms with Gasteiger partial charge in [-0.25, -0.2) is 0 Å². The summed E-state index contributed by atoms with van der Waals surface area (Å²) in [4.78, 5) is 20.3. The number of rotatable bonds is 3. The first kappa shape index (κ1) is 20.6. The largest absolute Gasteiger partial charge is 0.333 e. The van der Waals surface area contributed by atoms with Crippen LogP contribution in [0.3, 0.4) is 0 Å². The lowest BCUT2D eigenvalue weighted by Gasteiger charge is -2.49. The van der Waals surface area contributed by atoms with Crippen LogP contribution in [0, 0.1) is 0 Å². The summed E-state index contributed by atoms with van der Waals surface area (Å²) in [6.45, 7) is 7.75. The first-order chi connectivity index (χ1) is 15.1. The summed E-state index contributed by atoms with van der Waals surface area (Å²) >= 11 is 0. The van der Waals surface area contributed by atoms with Crippen LogP contribution < -0.4 is 0 Å². The topological polar surface area (TPSA) is 57.5 Å². The Morgan fingerprint density at radius 1 is 1.03 bits per heavy atom. The molecule has 1 unspecified atom stereocenters. The van der Waals surface area contributed by atoms with Crippen LogP contribution in [0.4, 0.5) is 0 Å². The number of aromatic nitrogens is 3. The third-order valence-electron chi connectivity index (χ3n) is 7.74. The molecule has 2 fully saturated rings. The van der Waals surface area contributed by atoms with Crippen molar-refractivity contribution in [3.63, 3.8) is 0 Å². The normalized spacial score (nSPS) is 24.3. The number of nitrogens with zero attached hydrogens (tertiary/aromatic N) is 6. The van der Waals surface area contributed by atoms with E-state index in [1.807, 2.05) is 4.90 Å². The zero-order valence-corrected chi connectivity index (χ0v) is 18.8. The van der Waals surface area contributed by atoms with Crippen molar-refractivity contribution in [2.75, 3.05) is 33.2 Å². The van der Waals surface area contributed by atoms with Gasteiger partial charge in [0.05, 0.1) is 5.54 Å². The molecule has 2 aromatic rings. The van der Waals surface area contributed by atoms with Gasteiger partial charge in [-0.05, 0) is 51.6 Å². The highest BCUT2D eigenvalue weighted by molar-refractivity contribution is 5.91. The smallest absolute Gasteiger partial charge is 0.292 e. The highest BCUT2D eigenvalue weighted by Gasteiger charge is 2.47. The molecule has 0 aliphatic carbocycles. The molecule has 0 bridgehead atoms. The van der Waals surface area contributed by atoms with E-state index >= 15 is 0 Å². The van der Waals surface area contributed by atoms with Crippen molar-refractivity contribution >= 4 is 5.91 Å². The molecular formula is C24H34N6O. The van der Waals surface area contributed by atoms with Crippen molar-refractivity contribution in [1.82, 2.24) is 29.5 Å². The molecule has 0 saturated carbocycles. The van der Waals surface area contributed by atoms with E-state index in [1.54, 1.807) is 0 Å². The predicted octanol–water partition coefficient (Wildman–Crippen LogP) is 2.73. The fourth-order valence-corrected chi connectivity index (χ4v) is 5.71. The lowest BCUT2D eigenvalue weighted by molar-refractivity contribution is 0.00579. The maximum absolute atomic E-state index is 13.3. The van der Waals surface area contributed by atoms with E-state index in [2.05, 4.69) is 68.9 Å². The quantitative estimate of drug-likeness (QED) is 0.761. The molecule has 166 valence electrons. The minimum atomic E-state index is -0.121. The van der Waals surface area contributed by atoms with Crippen molar-refractivity contribution < 1.29 is 4.79 Å². The second kappa shape index (κ2) is 8.36.